The number of aryl methyl sites for hydroxylation is 1. The van der Waals surface area contributed by atoms with E-state index in [0.717, 1.165) is 5.82 Å². The molecule has 1 heterocycles. The number of carbonyl (C=O) groups is 1. The van der Waals surface area contributed by atoms with Gasteiger partial charge in [-0.2, -0.15) is 0 Å². The van der Waals surface area contributed by atoms with E-state index in [1.165, 1.54) is 0 Å². The summed E-state index contributed by atoms with van der Waals surface area (Å²) < 4.78 is 6.69. The van der Waals surface area contributed by atoms with Gasteiger partial charge in [0.25, 0.3) is 0 Å². The van der Waals surface area contributed by atoms with Crippen LogP contribution in [0, 0.1) is 0 Å². The number of nitrogens with two attached hydrogens (primary N) is 1. The molecular weight excluding hydrogens is 194 g/mol. The topological polar surface area (TPSA) is 70.1 Å². The molecule has 0 bridgehead atoms. The molecule has 84 valence electrons. The minimum absolute atomic E-state index is 0.00125. The number of carbonyl (C=O) groups excluding carboxylic acids is 1. The Balaban J connectivity index is 2.45. The summed E-state index contributed by atoms with van der Waals surface area (Å²) >= 11 is 0. The fraction of sp³-hybridized carbons (Fsp3) is 0.600. The van der Waals surface area contributed by atoms with Gasteiger partial charge < -0.3 is 15.0 Å². The van der Waals surface area contributed by atoms with Crippen molar-refractivity contribution in [3.63, 3.8) is 0 Å². The first-order valence-corrected chi connectivity index (χ1v) is 4.88. The zero-order valence-corrected chi connectivity index (χ0v) is 9.14. The number of hydrogen-bond acceptors (Lipinski definition) is 4. The molecule has 0 aliphatic rings. The van der Waals surface area contributed by atoms with E-state index in [-0.39, 0.29) is 12.2 Å². The molecule has 0 saturated heterocycles. The Morgan fingerprint density at radius 2 is 2.47 bits per heavy atom. The highest BCUT2D eigenvalue weighted by molar-refractivity contribution is 5.85. The van der Waals surface area contributed by atoms with Gasteiger partial charge in [0.15, 0.2) is 5.78 Å². The first-order chi connectivity index (χ1) is 7.15. The molecule has 0 saturated carbocycles. The van der Waals surface area contributed by atoms with Crippen molar-refractivity contribution in [1.29, 1.82) is 0 Å². The average Bonchev–Trinajstić information content (AvgIpc) is 2.61. The van der Waals surface area contributed by atoms with Gasteiger partial charge in [0.2, 0.25) is 0 Å². The first kappa shape index (κ1) is 11.9. The quantitative estimate of drug-likeness (QED) is 0.713. The third-order valence-electron chi connectivity index (χ3n) is 2.30. The highest BCUT2D eigenvalue weighted by atomic mass is 16.5. The summed E-state index contributed by atoms with van der Waals surface area (Å²) in [5.74, 6) is 0.745. The zero-order chi connectivity index (χ0) is 11.3. The molecule has 0 spiro atoms. The van der Waals surface area contributed by atoms with Crippen LogP contribution in [0.2, 0.25) is 0 Å². The third kappa shape index (κ3) is 3.45. The van der Waals surface area contributed by atoms with Crippen LogP contribution in [-0.2, 0) is 23.0 Å². The molecule has 15 heavy (non-hydrogen) atoms. The predicted octanol–water partition coefficient (Wildman–Crippen LogP) is -0.104. The molecular formula is C10H17N3O2. The molecule has 0 amide bonds. The Kier molecular flexibility index (Phi) is 4.45. The second-order valence-electron chi connectivity index (χ2n) is 3.49. The lowest BCUT2D eigenvalue weighted by atomic mass is 10.1. The third-order valence-corrected chi connectivity index (χ3v) is 2.30. The molecule has 1 atom stereocenters. The number of methoxy groups -OCH3 is 1. The Hall–Kier alpha value is -1.20. The van der Waals surface area contributed by atoms with Gasteiger partial charge in [-0.05, 0) is 6.42 Å². The molecule has 0 aromatic carbocycles. The second kappa shape index (κ2) is 5.63. The van der Waals surface area contributed by atoms with Crippen molar-refractivity contribution in [3.05, 3.63) is 18.2 Å². The van der Waals surface area contributed by atoms with Crippen molar-refractivity contribution in [2.45, 2.75) is 18.9 Å². The summed E-state index contributed by atoms with van der Waals surface area (Å²) in [4.78, 5) is 15.7. The number of nitrogens with zero attached hydrogens (tertiary/aromatic N) is 2. The molecule has 1 rings (SSSR count). The largest absolute Gasteiger partial charge is 0.385 e. The number of hydrogen-bond donors (Lipinski definition) is 1. The summed E-state index contributed by atoms with van der Waals surface area (Å²) in [6.07, 6.45) is 4.32. The highest BCUT2D eigenvalue weighted by Crippen LogP contribution is 2.00. The SMILES string of the molecule is COCCC(N)C(=O)Cc1nccn1C. The van der Waals surface area contributed by atoms with Gasteiger partial charge in [-0.1, -0.05) is 0 Å². The number of aromatic nitrogens is 2. The van der Waals surface area contributed by atoms with Gasteiger partial charge in [0, 0.05) is 33.2 Å². The number of ether oxygens (including phenoxy) is 1. The zero-order valence-electron chi connectivity index (χ0n) is 9.14. The minimum atomic E-state index is -0.457. The Labute approximate surface area is 89.2 Å². The summed E-state index contributed by atoms with van der Waals surface area (Å²) in [6.45, 7) is 0.507. The highest BCUT2D eigenvalue weighted by Gasteiger charge is 2.15. The number of imidazole rings is 1. The lowest BCUT2D eigenvalue weighted by Crippen LogP contribution is -2.33. The molecule has 1 aromatic heterocycles. The van der Waals surface area contributed by atoms with Crippen molar-refractivity contribution >= 4 is 5.78 Å². The maximum absolute atomic E-state index is 11.6. The summed E-state index contributed by atoms with van der Waals surface area (Å²) in [6, 6.07) is -0.457. The van der Waals surface area contributed by atoms with Crippen LogP contribution in [0.25, 0.3) is 0 Å². The van der Waals surface area contributed by atoms with Gasteiger partial charge in [-0.15, -0.1) is 0 Å². The van der Waals surface area contributed by atoms with Crippen molar-refractivity contribution < 1.29 is 9.53 Å². The Bertz CT molecular complexity index is 322. The van der Waals surface area contributed by atoms with Crippen molar-refractivity contribution in [3.8, 4) is 0 Å². The van der Waals surface area contributed by atoms with Gasteiger partial charge >= 0.3 is 0 Å². The molecule has 0 aliphatic heterocycles. The standard InChI is InChI=1S/C10H17N3O2/c1-13-5-4-12-10(13)7-9(14)8(11)3-6-15-2/h4-5,8H,3,6-7,11H2,1-2H3. The molecule has 5 heteroatoms. The maximum Gasteiger partial charge on any atom is 0.157 e. The van der Waals surface area contributed by atoms with Crippen LogP contribution in [0.1, 0.15) is 12.2 Å². The van der Waals surface area contributed by atoms with Crippen LogP contribution in [0.15, 0.2) is 12.4 Å². The van der Waals surface area contributed by atoms with Crippen molar-refractivity contribution in [2.24, 2.45) is 12.8 Å². The van der Waals surface area contributed by atoms with Gasteiger partial charge in [0.1, 0.15) is 5.82 Å². The fourth-order valence-corrected chi connectivity index (χ4v) is 1.26. The molecule has 0 fully saturated rings. The van der Waals surface area contributed by atoms with Crippen molar-refractivity contribution in [2.75, 3.05) is 13.7 Å². The maximum atomic E-state index is 11.6. The van der Waals surface area contributed by atoms with E-state index in [1.54, 1.807) is 13.3 Å². The van der Waals surface area contributed by atoms with Crippen LogP contribution >= 0.6 is 0 Å². The smallest absolute Gasteiger partial charge is 0.157 e. The molecule has 1 aromatic rings. The number of ketones is 1. The second-order valence-corrected chi connectivity index (χ2v) is 3.49. The van der Waals surface area contributed by atoms with Crippen molar-refractivity contribution in [1.82, 2.24) is 9.55 Å². The van der Waals surface area contributed by atoms with Gasteiger partial charge in [-0.25, -0.2) is 4.98 Å². The van der Waals surface area contributed by atoms with E-state index in [2.05, 4.69) is 4.98 Å². The average molecular weight is 211 g/mol. The normalized spacial score (nSPS) is 12.7. The van der Waals surface area contributed by atoms with Gasteiger partial charge in [-0.3, -0.25) is 4.79 Å². The van der Waals surface area contributed by atoms with E-state index in [9.17, 15) is 4.79 Å². The van der Waals surface area contributed by atoms with E-state index >= 15 is 0 Å². The summed E-state index contributed by atoms with van der Waals surface area (Å²) in [7, 11) is 3.45. The number of rotatable bonds is 6. The predicted molar refractivity (Wildman–Crippen MR) is 56.4 cm³/mol. The fourth-order valence-electron chi connectivity index (χ4n) is 1.26. The summed E-state index contributed by atoms with van der Waals surface area (Å²) in [5.41, 5.74) is 5.70. The Morgan fingerprint density at radius 1 is 1.73 bits per heavy atom. The van der Waals surface area contributed by atoms with Gasteiger partial charge in [0.05, 0.1) is 12.5 Å². The van der Waals surface area contributed by atoms with E-state index in [0.29, 0.717) is 13.0 Å². The van der Waals surface area contributed by atoms with Crippen LogP contribution in [0.3, 0.4) is 0 Å². The van der Waals surface area contributed by atoms with E-state index in [1.807, 2.05) is 17.8 Å². The molecule has 0 radical (unpaired) electrons. The minimum Gasteiger partial charge on any atom is -0.385 e. The van der Waals surface area contributed by atoms with Crippen LogP contribution < -0.4 is 5.73 Å². The molecule has 1 unspecified atom stereocenters. The summed E-state index contributed by atoms with van der Waals surface area (Å²) in [5, 5.41) is 0. The molecule has 0 aliphatic carbocycles. The molecule has 5 nitrogen and oxygen atoms in total. The van der Waals surface area contributed by atoms with Crippen LogP contribution in [0.5, 0.6) is 0 Å². The monoisotopic (exact) mass is 211 g/mol. The van der Waals surface area contributed by atoms with E-state index in [4.69, 9.17) is 10.5 Å². The lowest BCUT2D eigenvalue weighted by molar-refractivity contribution is -0.120. The first-order valence-electron chi connectivity index (χ1n) is 4.88. The molecule has 2 N–H and O–H groups in total. The van der Waals surface area contributed by atoms with Crippen LogP contribution in [0.4, 0.5) is 0 Å². The van der Waals surface area contributed by atoms with Crippen LogP contribution in [-0.4, -0.2) is 35.1 Å². The lowest BCUT2D eigenvalue weighted by Gasteiger charge is -2.09. The number of Topliss-reactive ketones (excluding diaryl/α,β-unsaturated/α-hetero) is 1. The Morgan fingerprint density at radius 3 is 3.00 bits per heavy atom. The van der Waals surface area contributed by atoms with E-state index < -0.39 is 6.04 Å².